The van der Waals surface area contributed by atoms with Crippen molar-refractivity contribution in [2.45, 2.75) is 6.61 Å². The molecule has 0 heterocycles. The van der Waals surface area contributed by atoms with Crippen LogP contribution in [-0.4, -0.2) is 0 Å². The van der Waals surface area contributed by atoms with Gasteiger partial charge in [-0.15, -0.1) is 0 Å². The fourth-order valence-electron chi connectivity index (χ4n) is 2.34. The molecule has 3 rings (SSSR count). The van der Waals surface area contributed by atoms with Gasteiger partial charge in [0.15, 0.2) is 0 Å². The first-order chi connectivity index (χ1) is 11.8. The maximum atomic E-state index is 8.84. The van der Waals surface area contributed by atoms with Crippen molar-refractivity contribution in [2.75, 3.05) is 0 Å². The van der Waals surface area contributed by atoms with E-state index >= 15 is 0 Å². The van der Waals surface area contributed by atoms with Crippen LogP contribution < -0.4 is 4.74 Å². The Bertz CT molecular complexity index is 858. The Balaban J connectivity index is 1.73. The van der Waals surface area contributed by atoms with Gasteiger partial charge in [-0.3, -0.25) is 0 Å². The van der Waals surface area contributed by atoms with Crippen LogP contribution in [0.4, 0.5) is 0 Å². The van der Waals surface area contributed by atoms with Crippen LogP contribution in [0.25, 0.3) is 12.2 Å². The quantitative estimate of drug-likeness (QED) is 0.598. The number of nitrogens with zero attached hydrogens (tertiary/aromatic N) is 1. The van der Waals surface area contributed by atoms with Gasteiger partial charge in [0.1, 0.15) is 12.4 Å². The molecule has 0 N–H and O–H groups in total. The van der Waals surface area contributed by atoms with E-state index in [4.69, 9.17) is 10.00 Å². The molecule has 0 saturated carbocycles. The van der Waals surface area contributed by atoms with Crippen LogP contribution >= 0.6 is 0 Å². The van der Waals surface area contributed by atoms with Gasteiger partial charge in [-0.1, -0.05) is 72.8 Å². The molecule has 0 bridgehead atoms. The smallest absolute Gasteiger partial charge is 0.127 e. The van der Waals surface area contributed by atoms with Crippen LogP contribution in [0.2, 0.25) is 0 Å². The summed E-state index contributed by atoms with van der Waals surface area (Å²) in [6.45, 7) is 0.544. The monoisotopic (exact) mass is 311 g/mol. The number of hydrogen-bond acceptors (Lipinski definition) is 2. The van der Waals surface area contributed by atoms with Crippen LogP contribution in [0.3, 0.4) is 0 Å². The molecule has 0 aromatic heterocycles. The van der Waals surface area contributed by atoms with E-state index in [1.807, 2.05) is 78.9 Å². The fraction of sp³-hybridized carbons (Fsp3) is 0.0455. The van der Waals surface area contributed by atoms with Gasteiger partial charge < -0.3 is 4.74 Å². The van der Waals surface area contributed by atoms with Gasteiger partial charge in [-0.05, 0) is 29.3 Å². The molecule has 3 aromatic carbocycles. The Hall–Kier alpha value is -3.31. The second kappa shape index (κ2) is 7.80. The second-order valence-electron chi connectivity index (χ2n) is 5.38. The van der Waals surface area contributed by atoms with Crippen LogP contribution in [0.5, 0.6) is 5.75 Å². The maximum Gasteiger partial charge on any atom is 0.127 e. The van der Waals surface area contributed by atoms with Gasteiger partial charge in [0.05, 0.1) is 11.6 Å². The van der Waals surface area contributed by atoms with Gasteiger partial charge in [0, 0.05) is 5.56 Å². The first-order valence-electron chi connectivity index (χ1n) is 7.79. The van der Waals surface area contributed by atoms with Gasteiger partial charge in [0.2, 0.25) is 0 Å². The Morgan fingerprint density at radius 3 is 2.25 bits per heavy atom. The van der Waals surface area contributed by atoms with Crippen molar-refractivity contribution in [3.05, 3.63) is 101 Å². The molecule has 2 heteroatoms. The summed E-state index contributed by atoms with van der Waals surface area (Å²) >= 11 is 0. The molecule has 0 aliphatic heterocycles. The van der Waals surface area contributed by atoms with Crippen molar-refractivity contribution in [3.8, 4) is 11.8 Å². The Kier molecular flexibility index (Phi) is 5.07. The summed E-state index contributed by atoms with van der Waals surface area (Å²) < 4.78 is 5.95. The first-order valence-corrected chi connectivity index (χ1v) is 7.79. The third-order valence-electron chi connectivity index (χ3n) is 3.65. The zero-order valence-electron chi connectivity index (χ0n) is 13.2. The lowest BCUT2D eigenvalue weighted by atomic mass is 10.1. The molecule has 0 spiro atoms. The highest BCUT2D eigenvalue weighted by Gasteiger charge is 2.00. The zero-order chi connectivity index (χ0) is 16.6. The van der Waals surface area contributed by atoms with Gasteiger partial charge in [0.25, 0.3) is 0 Å². The first kappa shape index (κ1) is 15.6. The predicted octanol–water partition coefficient (Wildman–Crippen LogP) is 5.31. The third kappa shape index (κ3) is 4.12. The summed E-state index contributed by atoms with van der Waals surface area (Å²) in [4.78, 5) is 0. The molecule has 2 nitrogen and oxygen atoms in total. The summed E-state index contributed by atoms with van der Waals surface area (Å²) in [6, 6.07) is 27.7. The maximum absolute atomic E-state index is 8.84. The molecule has 116 valence electrons. The van der Waals surface area contributed by atoms with Crippen molar-refractivity contribution in [2.24, 2.45) is 0 Å². The standard InChI is InChI=1S/C22H17NO/c23-16-19-12-10-18(11-13-19)14-15-21-8-4-5-9-22(21)24-17-20-6-2-1-3-7-20/h1-15H,17H2. The highest BCUT2D eigenvalue weighted by Crippen LogP contribution is 2.22. The van der Waals surface area contributed by atoms with Crippen molar-refractivity contribution in [1.82, 2.24) is 0 Å². The Morgan fingerprint density at radius 2 is 1.50 bits per heavy atom. The van der Waals surface area contributed by atoms with E-state index in [2.05, 4.69) is 18.2 Å². The largest absolute Gasteiger partial charge is 0.488 e. The average Bonchev–Trinajstić information content (AvgIpc) is 2.66. The molecule has 0 fully saturated rings. The number of ether oxygens (including phenoxy) is 1. The normalized spacial score (nSPS) is 10.5. The average molecular weight is 311 g/mol. The van der Waals surface area contributed by atoms with Crippen LogP contribution in [0, 0.1) is 11.3 Å². The number of rotatable bonds is 5. The molecule has 0 aliphatic carbocycles. The SMILES string of the molecule is N#Cc1ccc(C=Cc2ccccc2OCc2ccccc2)cc1. The number of para-hydroxylation sites is 1. The van der Waals surface area contributed by atoms with Crippen molar-refractivity contribution < 1.29 is 4.74 Å². The molecular weight excluding hydrogens is 294 g/mol. The molecule has 0 aliphatic rings. The minimum absolute atomic E-state index is 0.544. The van der Waals surface area contributed by atoms with E-state index in [9.17, 15) is 0 Å². The van der Waals surface area contributed by atoms with Crippen LogP contribution in [-0.2, 0) is 6.61 Å². The highest BCUT2D eigenvalue weighted by molar-refractivity contribution is 5.72. The number of hydrogen-bond donors (Lipinski definition) is 0. The zero-order valence-corrected chi connectivity index (χ0v) is 13.2. The topological polar surface area (TPSA) is 33.0 Å². The van der Waals surface area contributed by atoms with E-state index in [0.717, 1.165) is 22.4 Å². The van der Waals surface area contributed by atoms with Crippen molar-refractivity contribution >= 4 is 12.2 Å². The molecule has 3 aromatic rings. The third-order valence-corrected chi connectivity index (χ3v) is 3.65. The van der Waals surface area contributed by atoms with Gasteiger partial charge in [-0.25, -0.2) is 0 Å². The lowest BCUT2D eigenvalue weighted by molar-refractivity contribution is 0.305. The second-order valence-corrected chi connectivity index (χ2v) is 5.38. The predicted molar refractivity (Wildman–Crippen MR) is 97.3 cm³/mol. The fourth-order valence-corrected chi connectivity index (χ4v) is 2.34. The molecule has 24 heavy (non-hydrogen) atoms. The van der Waals surface area contributed by atoms with E-state index in [0.29, 0.717) is 12.2 Å². The molecule has 0 amide bonds. The van der Waals surface area contributed by atoms with E-state index < -0.39 is 0 Å². The van der Waals surface area contributed by atoms with Crippen molar-refractivity contribution in [1.29, 1.82) is 5.26 Å². The molecule has 0 saturated heterocycles. The summed E-state index contributed by atoms with van der Waals surface area (Å²) in [7, 11) is 0. The van der Waals surface area contributed by atoms with Crippen LogP contribution in [0.1, 0.15) is 22.3 Å². The lowest BCUT2D eigenvalue weighted by Crippen LogP contribution is -1.96. The van der Waals surface area contributed by atoms with E-state index in [-0.39, 0.29) is 0 Å². The molecule has 0 unspecified atom stereocenters. The van der Waals surface area contributed by atoms with Gasteiger partial charge >= 0.3 is 0 Å². The summed E-state index contributed by atoms with van der Waals surface area (Å²) in [5.41, 5.74) is 3.88. The van der Waals surface area contributed by atoms with E-state index in [1.54, 1.807) is 0 Å². The minimum atomic E-state index is 0.544. The number of nitriles is 1. The van der Waals surface area contributed by atoms with Crippen LogP contribution in [0.15, 0.2) is 78.9 Å². The number of benzene rings is 3. The summed E-state index contributed by atoms with van der Waals surface area (Å²) in [5, 5.41) is 8.84. The summed E-state index contributed by atoms with van der Waals surface area (Å²) in [5.74, 6) is 0.853. The lowest BCUT2D eigenvalue weighted by Gasteiger charge is -2.09. The highest BCUT2D eigenvalue weighted by atomic mass is 16.5. The van der Waals surface area contributed by atoms with Crippen molar-refractivity contribution in [3.63, 3.8) is 0 Å². The Morgan fingerprint density at radius 1 is 0.792 bits per heavy atom. The summed E-state index contributed by atoms with van der Waals surface area (Å²) in [6.07, 6.45) is 4.05. The molecule has 0 radical (unpaired) electrons. The van der Waals surface area contributed by atoms with E-state index in [1.165, 1.54) is 0 Å². The molecular formula is C22H17NO. The van der Waals surface area contributed by atoms with Gasteiger partial charge in [-0.2, -0.15) is 5.26 Å². The minimum Gasteiger partial charge on any atom is -0.488 e. The Labute approximate surface area is 142 Å². The molecule has 0 atom stereocenters.